The first-order chi connectivity index (χ1) is 26.0. The van der Waals surface area contributed by atoms with Crippen LogP contribution >= 0.6 is 0 Å². The van der Waals surface area contributed by atoms with E-state index in [2.05, 4.69) is 208 Å². The Hall–Kier alpha value is -6.50. The molecule has 1 aliphatic rings. The fourth-order valence-electron chi connectivity index (χ4n) is 8.40. The first kappa shape index (κ1) is 31.3. The van der Waals surface area contributed by atoms with Crippen molar-refractivity contribution in [2.45, 2.75) is 19.3 Å². The molecule has 250 valence electrons. The van der Waals surface area contributed by atoms with Crippen molar-refractivity contribution >= 4 is 21.5 Å². The van der Waals surface area contributed by atoms with Gasteiger partial charge in [-0.25, -0.2) is 0 Å². The second kappa shape index (κ2) is 12.3. The molecule has 0 saturated heterocycles. The number of rotatable bonds is 5. The van der Waals surface area contributed by atoms with E-state index in [-0.39, 0.29) is 5.41 Å². The Morgan fingerprint density at radius 2 is 0.509 bits per heavy atom. The molecule has 0 N–H and O–H groups in total. The molecule has 0 unspecified atom stereocenters. The fraction of sp³-hybridized carbons (Fsp3) is 0.0566. The van der Waals surface area contributed by atoms with Crippen LogP contribution in [0.2, 0.25) is 0 Å². The summed E-state index contributed by atoms with van der Waals surface area (Å²) in [5, 5.41) is 5.09. The third-order valence-corrected chi connectivity index (χ3v) is 11.5. The van der Waals surface area contributed by atoms with Gasteiger partial charge in [0.05, 0.1) is 0 Å². The van der Waals surface area contributed by atoms with Crippen LogP contribution in [0.5, 0.6) is 0 Å². The van der Waals surface area contributed by atoms with Gasteiger partial charge in [-0.3, -0.25) is 0 Å². The number of benzene rings is 9. The fourth-order valence-corrected chi connectivity index (χ4v) is 8.40. The van der Waals surface area contributed by atoms with Crippen molar-refractivity contribution in [3.8, 4) is 66.8 Å². The number of fused-ring (bicyclic) bond motifs is 5. The molecule has 9 aromatic rings. The van der Waals surface area contributed by atoms with Crippen molar-refractivity contribution < 1.29 is 0 Å². The first-order valence-corrected chi connectivity index (χ1v) is 18.6. The zero-order chi connectivity index (χ0) is 35.5. The number of hydrogen-bond acceptors (Lipinski definition) is 0. The summed E-state index contributed by atoms with van der Waals surface area (Å²) in [5.74, 6) is 0. The minimum absolute atomic E-state index is 0.103. The Morgan fingerprint density at radius 3 is 0.868 bits per heavy atom. The summed E-state index contributed by atoms with van der Waals surface area (Å²) in [7, 11) is 0. The maximum atomic E-state index is 2.42. The average Bonchev–Trinajstić information content (AvgIpc) is 3.45. The van der Waals surface area contributed by atoms with Crippen LogP contribution in [0.15, 0.2) is 194 Å². The number of hydrogen-bond donors (Lipinski definition) is 0. The van der Waals surface area contributed by atoms with Gasteiger partial charge in [-0.1, -0.05) is 184 Å². The Bertz CT molecular complexity index is 2820. The van der Waals surface area contributed by atoms with E-state index < -0.39 is 0 Å². The largest absolute Gasteiger partial charge is 0.0616 e. The molecule has 10 rings (SSSR count). The molecule has 0 atom stereocenters. The summed E-state index contributed by atoms with van der Waals surface area (Å²) in [5.41, 5.74) is 17.8. The minimum atomic E-state index is -0.103. The van der Waals surface area contributed by atoms with Crippen molar-refractivity contribution in [3.05, 3.63) is 205 Å². The van der Waals surface area contributed by atoms with Crippen molar-refractivity contribution in [1.29, 1.82) is 0 Å². The van der Waals surface area contributed by atoms with Crippen molar-refractivity contribution in [3.63, 3.8) is 0 Å². The highest BCUT2D eigenvalue weighted by Crippen LogP contribution is 2.50. The molecular weight excluding hydrogens is 637 g/mol. The zero-order valence-corrected chi connectivity index (χ0v) is 30.0. The van der Waals surface area contributed by atoms with Gasteiger partial charge in [-0.2, -0.15) is 0 Å². The van der Waals surface area contributed by atoms with Crippen LogP contribution in [0.4, 0.5) is 0 Å². The molecule has 0 saturated carbocycles. The van der Waals surface area contributed by atoms with Gasteiger partial charge >= 0.3 is 0 Å². The topological polar surface area (TPSA) is 0 Å². The Kier molecular flexibility index (Phi) is 7.27. The van der Waals surface area contributed by atoms with Crippen LogP contribution in [0.1, 0.15) is 25.0 Å². The van der Waals surface area contributed by atoms with E-state index in [1.165, 1.54) is 99.4 Å². The Balaban J connectivity index is 0.888. The molecule has 0 bridgehead atoms. The summed E-state index contributed by atoms with van der Waals surface area (Å²) < 4.78 is 0. The quantitative estimate of drug-likeness (QED) is 0.170. The maximum absolute atomic E-state index is 2.42. The lowest BCUT2D eigenvalue weighted by atomic mass is 9.80. The van der Waals surface area contributed by atoms with Gasteiger partial charge in [0.2, 0.25) is 0 Å². The highest BCUT2D eigenvalue weighted by molar-refractivity contribution is 5.90. The predicted octanol–water partition coefficient (Wildman–Crippen LogP) is 14.6. The third-order valence-electron chi connectivity index (χ3n) is 11.5. The zero-order valence-electron chi connectivity index (χ0n) is 30.0. The van der Waals surface area contributed by atoms with Crippen LogP contribution in [-0.2, 0) is 5.41 Å². The van der Waals surface area contributed by atoms with E-state index in [0.29, 0.717) is 0 Å². The van der Waals surface area contributed by atoms with Crippen LogP contribution in [0.25, 0.3) is 88.3 Å². The van der Waals surface area contributed by atoms with Crippen LogP contribution in [-0.4, -0.2) is 0 Å². The second-order valence-electron chi connectivity index (χ2n) is 15.0. The molecule has 1 aliphatic carbocycles. The molecule has 0 heterocycles. The van der Waals surface area contributed by atoms with Crippen LogP contribution in [0, 0.1) is 0 Å². The van der Waals surface area contributed by atoms with Gasteiger partial charge in [0.15, 0.2) is 0 Å². The molecule has 0 nitrogen and oxygen atoms in total. The molecule has 0 fully saturated rings. The van der Waals surface area contributed by atoms with E-state index in [4.69, 9.17) is 0 Å². The smallest absolute Gasteiger partial charge is 0.0159 e. The van der Waals surface area contributed by atoms with Crippen LogP contribution < -0.4 is 0 Å². The summed E-state index contributed by atoms with van der Waals surface area (Å²) in [6, 6.07) is 71.6. The van der Waals surface area contributed by atoms with Gasteiger partial charge in [0.1, 0.15) is 0 Å². The SMILES string of the molecule is CC1(C)c2cc(-c3ccc(-c4ccc(-c5ccc6ccccc6c5)cc4)cc3)ccc2-c2ccc(-c3ccc(-c4ccc5ccccc5c4)cc3)cc21. The van der Waals surface area contributed by atoms with E-state index in [1.807, 2.05) is 0 Å². The summed E-state index contributed by atoms with van der Waals surface area (Å²) in [6.45, 7) is 4.75. The third kappa shape index (κ3) is 5.47. The monoisotopic (exact) mass is 674 g/mol. The molecule has 0 aliphatic heterocycles. The van der Waals surface area contributed by atoms with E-state index >= 15 is 0 Å². The molecule has 0 radical (unpaired) electrons. The lowest BCUT2D eigenvalue weighted by Crippen LogP contribution is -2.15. The van der Waals surface area contributed by atoms with Gasteiger partial charge in [0, 0.05) is 5.41 Å². The maximum Gasteiger partial charge on any atom is 0.0159 e. The van der Waals surface area contributed by atoms with Gasteiger partial charge in [-0.05, 0) is 124 Å². The summed E-state index contributed by atoms with van der Waals surface area (Å²) >= 11 is 0. The molecule has 53 heavy (non-hydrogen) atoms. The lowest BCUT2D eigenvalue weighted by Gasteiger charge is -2.22. The molecule has 9 aromatic carbocycles. The minimum Gasteiger partial charge on any atom is -0.0616 e. The van der Waals surface area contributed by atoms with Crippen molar-refractivity contribution in [2.24, 2.45) is 0 Å². The molecule has 0 aromatic heterocycles. The molecule has 0 amide bonds. The van der Waals surface area contributed by atoms with E-state index in [0.717, 1.165) is 0 Å². The summed E-state index contributed by atoms with van der Waals surface area (Å²) in [6.07, 6.45) is 0. The average molecular weight is 675 g/mol. The molecule has 0 heteroatoms. The molecule has 0 spiro atoms. The van der Waals surface area contributed by atoms with Gasteiger partial charge < -0.3 is 0 Å². The Morgan fingerprint density at radius 1 is 0.245 bits per heavy atom. The second-order valence-corrected chi connectivity index (χ2v) is 15.0. The highest BCUT2D eigenvalue weighted by atomic mass is 14.4. The van der Waals surface area contributed by atoms with Crippen molar-refractivity contribution in [1.82, 2.24) is 0 Å². The standard InChI is InChI=1S/C53H38/c1-53(2)51-33-47(41-17-13-38(14-18-41)37-11-15-39(16-12-37)45-25-23-35-7-3-5-9-43(35)31-45)27-29-49(51)50-30-28-48(34-52(50)53)42-21-19-40(20-22-42)46-26-24-36-8-4-6-10-44(36)32-46/h3-34H,1-2H3. The van der Waals surface area contributed by atoms with Crippen molar-refractivity contribution in [2.75, 3.05) is 0 Å². The highest BCUT2D eigenvalue weighted by Gasteiger charge is 2.35. The van der Waals surface area contributed by atoms with E-state index in [9.17, 15) is 0 Å². The van der Waals surface area contributed by atoms with Gasteiger partial charge in [-0.15, -0.1) is 0 Å². The predicted molar refractivity (Wildman–Crippen MR) is 226 cm³/mol. The summed E-state index contributed by atoms with van der Waals surface area (Å²) in [4.78, 5) is 0. The normalized spacial score (nSPS) is 12.9. The van der Waals surface area contributed by atoms with Gasteiger partial charge in [0.25, 0.3) is 0 Å². The lowest BCUT2D eigenvalue weighted by molar-refractivity contribution is 0.661. The Labute approximate surface area is 311 Å². The van der Waals surface area contributed by atoms with E-state index in [1.54, 1.807) is 0 Å². The first-order valence-electron chi connectivity index (χ1n) is 18.6. The molecular formula is C53H38. The van der Waals surface area contributed by atoms with Crippen LogP contribution in [0.3, 0.4) is 0 Å².